The maximum atomic E-state index is 8.14. The summed E-state index contributed by atoms with van der Waals surface area (Å²) < 4.78 is 0. The molecule has 0 aliphatic carbocycles. The second-order valence-electron chi connectivity index (χ2n) is 0.671. The highest BCUT2D eigenvalue weighted by Gasteiger charge is 1.91. The van der Waals surface area contributed by atoms with E-state index in [2.05, 4.69) is 0 Å². The van der Waals surface area contributed by atoms with Crippen LogP contribution in [0.4, 0.5) is 0 Å². The van der Waals surface area contributed by atoms with Crippen molar-refractivity contribution in [2.24, 2.45) is 0 Å². The Labute approximate surface area is 54.5 Å². The van der Waals surface area contributed by atoms with Gasteiger partial charge in [0, 0.05) is 0 Å². The number of rotatable bonds is 2. The minimum atomic E-state index is -1.68. The average molecular weight is 160 g/mol. The molecule has 6 heteroatoms. The normalized spacial score (nSPS) is 7.50. The zero-order valence-corrected chi connectivity index (χ0v) is 6.58. The highest BCUT2D eigenvalue weighted by molar-refractivity contribution is 8.52. The molecule has 0 aromatic carbocycles. The van der Waals surface area contributed by atoms with E-state index in [-0.39, 0.29) is 12.3 Å². The molecule has 8 heavy (non-hydrogen) atoms. The molecule has 0 aliphatic heterocycles. The van der Waals surface area contributed by atoms with Gasteiger partial charge in [-0.1, -0.05) is 18.3 Å². The minimum Gasteiger partial charge on any atom is -0.344 e. The van der Waals surface area contributed by atoms with E-state index < -0.39 is 7.58 Å². The van der Waals surface area contributed by atoms with E-state index in [1.807, 2.05) is 6.92 Å². The molecule has 0 aromatic heterocycles. The van der Waals surface area contributed by atoms with Crippen LogP contribution in [0.15, 0.2) is 0 Å². The summed E-state index contributed by atoms with van der Waals surface area (Å²) in [5, 5.41) is 0. The first-order valence-electron chi connectivity index (χ1n) is 1.58. The topological polar surface area (TPSA) is 110 Å². The molecular formula is C2H13N2O2PS. The van der Waals surface area contributed by atoms with Crippen LogP contribution in [0.2, 0.25) is 0 Å². The highest BCUT2D eigenvalue weighted by Crippen LogP contribution is 2.39. The molecule has 0 aliphatic rings. The monoisotopic (exact) mass is 160 g/mol. The van der Waals surface area contributed by atoms with Crippen LogP contribution in [0.5, 0.6) is 0 Å². The van der Waals surface area contributed by atoms with Crippen molar-refractivity contribution in [2.45, 2.75) is 6.92 Å². The Morgan fingerprint density at radius 3 is 1.75 bits per heavy atom. The summed E-state index contributed by atoms with van der Waals surface area (Å²) in [6.07, 6.45) is 0. The Bertz CT molecular complexity index is 39.2. The van der Waals surface area contributed by atoms with Gasteiger partial charge in [0.05, 0.1) is 0 Å². The molecule has 0 rings (SSSR count). The number of hydrogen-bond donors (Lipinski definition) is 4. The van der Waals surface area contributed by atoms with Gasteiger partial charge in [-0.3, -0.25) is 0 Å². The van der Waals surface area contributed by atoms with Crippen LogP contribution in [0.1, 0.15) is 6.92 Å². The maximum Gasteiger partial charge on any atom is 0.232 e. The zero-order chi connectivity index (χ0) is 4.99. The van der Waals surface area contributed by atoms with Crippen molar-refractivity contribution < 1.29 is 9.79 Å². The summed E-state index contributed by atoms with van der Waals surface area (Å²) in [5.74, 6) is 0.776. The lowest BCUT2D eigenvalue weighted by Gasteiger charge is -1.92. The van der Waals surface area contributed by atoms with Gasteiger partial charge in [-0.15, -0.1) is 0 Å². The van der Waals surface area contributed by atoms with Crippen molar-refractivity contribution >= 4 is 19.0 Å². The molecule has 0 saturated heterocycles. The smallest absolute Gasteiger partial charge is 0.232 e. The maximum absolute atomic E-state index is 8.14. The third-order valence-electron chi connectivity index (χ3n) is 0.245. The SMILES string of the molecule is CCSP(O)O.N.N. The molecular weight excluding hydrogens is 147 g/mol. The Morgan fingerprint density at radius 1 is 1.38 bits per heavy atom. The van der Waals surface area contributed by atoms with Crippen LogP contribution in [0, 0.1) is 0 Å². The predicted molar refractivity (Wildman–Crippen MR) is 39.5 cm³/mol. The van der Waals surface area contributed by atoms with Gasteiger partial charge in [-0.25, -0.2) is 0 Å². The van der Waals surface area contributed by atoms with Crippen LogP contribution in [0.25, 0.3) is 0 Å². The molecule has 0 aromatic rings. The molecule has 0 spiro atoms. The van der Waals surface area contributed by atoms with Crippen LogP contribution < -0.4 is 12.3 Å². The van der Waals surface area contributed by atoms with Gasteiger partial charge in [0.25, 0.3) is 0 Å². The van der Waals surface area contributed by atoms with E-state index in [0.717, 1.165) is 17.1 Å². The van der Waals surface area contributed by atoms with Crippen LogP contribution in [0.3, 0.4) is 0 Å². The standard InChI is InChI=1S/C2H7O2PS.2H3N/c1-2-6-5(3)4;;/h3-4H,2H2,1H3;2*1H3. The molecule has 54 valence electrons. The van der Waals surface area contributed by atoms with Crippen molar-refractivity contribution in [1.29, 1.82) is 0 Å². The Kier molecular flexibility index (Phi) is 20.9. The van der Waals surface area contributed by atoms with Crippen molar-refractivity contribution in [3.05, 3.63) is 0 Å². The van der Waals surface area contributed by atoms with E-state index in [4.69, 9.17) is 9.79 Å². The van der Waals surface area contributed by atoms with Gasteiger partial charge in [0.2, 0.25) is 7.58 Å². The molecule has 0 unspecified atom stereocenters. The summed E-state index contributed by atoms with van der Waals surface area (Å²) in [6.45, 7) is 1.88. The first kappa shape index (κ1) is 15.8. The van der Waals surface area contributed by atoms with Crippen molar-refractivity contribution in [3.8, 4) is 0 Å². The van der Waals surface area contributed by atoms with Gasteiger partial charge >= 0.3 is 0 Å². The summed E-state index contributed by atoms with van der Waals surface area (Å²) in [4.78, 5) is 16.3. The first-order chi connectivity index (χ1) is 2.77. The third kappa shape index (κ3) is 16.0. The lowest BCUT2D eigenvalue weighted by Crippen LogP contribution is -1.61. The van der Waals surface area contributed by atoms with Gasteiger partial charge in [0.1, 0.15) is 0 Å². The summed E-state index contributed by atoms with van der Waals surface area (Å²) in [7, 11) is -1.68. The lowest BCUT2D eigenvalue weighted by molar-refractivity contribution is 0.505. The molecule has 4 nitrogen and oxygen atoms in total. The Morgan fingerprint density at radius 2 is 1.75 bits per heavy atom. The minimum absolute atomic E-state index is 0. The average Bonchev–Trinajstić information content (AvgIpc) is 1.35. The van der Waals surface area contributed by atoms with E-state index in [9.17, 15) is 0 Å². The van der Waals surface area contributed by atoms with Crippen molar-refractivity contribution in [1.82, 2.24) is 12.3 Å². The summed E-state index contributed by atoms with van der Waals surface area (Å²) in [6, 6.07) is 0. The van der Waals surface area contributed by atoms with E-state index in [1.54, 1.807) is 0 Å². The van der Waals surface area contributed by atoms with Crippen LogP contribution in [-0.2, 0) is 0 Å². The van der Waals surface area contributed by atoms with Crippen molar-refractivity contribution in [2.75, 3.05) is 5.75 Å². The second kappa shape index (κ2) is 10.6. The largest absolute Gasteiger partial charge is 0.344 e. The first-order valence-corrected chi connectivity index (χ1v) is 4.42. The molecule has 0 bridgehead atoms. The van der Waals surface area contributed by atoms with Crippen LogP contribution >= 0.6 is 19.0 Å². The Hall–Kier alpha value is 0.620. The second-order valence-corrected chi connectivity index (χ2v) is 3.77. The van der Waals surface area contributed by atoms with Gasteiger partial charge < -0.3 is 22.1 Å². The van der Waals surface area contributed by atoms with Crippen LogP contribution in [-0.4, -0.2) is 15.5 Å². The molecule has 0 fully saturated rings. The fourth-order valence-corrected chi connectivity index (χ4v) is 1.04. The summed E-state index contributed by atoms with van der Waals surface area (Å²) >= 11 is 1.16. The van der Waals surface area contributed by atoms with Crippen molar-refractivity contribution in [3.63, 3.8) is 0 Å². The van der Waals surface area contributed by atoms with E-state index in [0.29, 0.717) is 0 Å². The zero-order valence-electron chi connectivity index (χ0n) is 4.87. The van der Waals surface area contributed by atoms with Gasteiger partial charge in [-0.2, -0.15) is 0 Å². The molecule has 0 amide bonds. The molecule has 0 radical (unpaired) electrons. The van der Waals surface area contributed by atoms with Gasteiger partial charge in [0.15, 0.2) is 0 Å². The van der Waals surface area contributed by atoms with Gasteiger partial charge in [-0.05, 0) is 5.75 Å². The predicted octanol–water partition coefficient (Wildman–Crippen LogP) is 1.27. The Balaban J connectivity index is -0.000000125. The van der Waals surface area contributed by atoms with E-state index >= 15 is 0 Å². The highest BCUT2D eigenvalue weighted by atomic mass is 32.7. The third-order valence-corrected chi connectivity index (χ3v) is 2.20. The molecule has 0 heterocycles. The molecule has 8 N–H and O–H groups in total. The van der Waals surface area contributed by atoms with E-state index in [1.165, 1.54) is 0 Å². The molecule has 0 saturated carbocycles. The number of hydrogen-bond acceptors (Lipinski definition) is 5. The summed E-state index contributed by atoms with van der Waals surface area (Å²) in [5.41, 5.74) is 0. The quantitative estimate of drug-likeness (QED) is 0.454. The fourth-order valence-electron chi connectivity index (χ4n) is 0.115. The fraction of sp³-hybridized carbons (Fsp3) is 1.00. The lowest BCUT2D eigenvalue weighted by atomic mass is 11.0. The molecule has 0 atom stereocenters.